The smallest absolute Gasteiger partial charge is 0.157 e. The van der Waals surface area contributed by atoms with E-state index in [4.69, 9.17) is 4.74 Å². The van der Waals surface area contributed by atoms with Gasteiger partial charge in [-0.05, 0) is 19.1 Å². The van der Waals surface area contributed by atoms with Crippen LogP contribution in [0.25, 0.3) is 0 Å². The third-order valence-corrected chi connectivity index (χ3v) is 3.01. The van der Waals surface area contributed by atoms with E-state index in [1.807, 2.05) is 0 Å². The van der Waals surface area contributed by atoms with Crippen molar-refractivity contribution in [3.05, 3.63) is 24.3 Å². The highest BCUT2D eigenvalue weighted by Gasteiger charge is 2.41. The van der Waals surface area contributed by atoms with E-state index in [0.717, 1.165) is 0 Å². The minimum Gasteiger partial charge on any atom is -0.508 e. The number of benzene rings is 1. The topological polar surface area (TPSA) is 102 Å². The van der Waals surface area contributed by atoms with Gasteiger partial charge in [0.1, 0.15) is 24.1 Å². The van der Waals surface area contributed by atoms with E-state index < -0.39 is 30.6 Å². The zero-order chi connectivity index (χ0) is 13.3. The Morgan fingerprint density at radius 2 is 1.83 bits per heavy atom. The van der Waals surface area contributed by atoms with Gasteiger partial charge < -0.3 is 30.5 Å². The highest BCUT2D eigenvalue weighted by atomic mass is 16.5. The minimum absolute atomic E-state index is 0.0823. The zero-order valence-corrected chi connectivity index (χ0v) is 9.89. The molecule has 1 saturated heterocycles. The van der Waals surface area contributed by atoms with Crippen LogP contribution >= 0.6 is 0 Å². The highest BCUT2D eigenvalue weighted by molar-refractivity contribution is 5.48. The molecule has 0 spiro atoms. The monoisotopic (exact) mass is 255 g/mol. The summed E-state index contributed by atoms with van der Waals surface area (Å²) in [6.45, 7) is 1.61. The van der Waals surface area contributed by atoms with Gasteiger partial charge in [-0.1, -0.05) is 6.07 Å². The molecular weight excluding hydrogens is 238 g/mol. The molecule has 0 radical (unpaired) electrons. The second kappa shape index (κ2) is 5.11. The van der Waals surface area contributed by atoms with Gasteiger partial charge in [0.05, 0.1) is 6.10 Å². The lowest BCUT2D eigenvalue weighted by Crippen LogP contribution is -2.58. The number of aromatic hydroxyl groups is 1. The van der Waals surface area contributed by atoms with Crippen LogP contribution in [-0.2, 0) is 4.74 Å². The predicted molar refractivity (Wildman–Crippen MR) is 64.1 cm³/mol. The lowest BCUT2D eigenvalue weighted by atomic mass is 9.99. The Morgan fingerprint density at radius 1 is 1.11 bits per heavy atom. The number of rotatable bonds is 2. The van der Waals surface area contributed by atoms with Gasteiger partial charge >= 0.3 is 0 Å². The number of ether oxygens (including phenoxy) is 1. The summed E-state index contributed by atoms with van der Waals surface area (Å²) in [5.41, 5.74) is 0.551. The lowest BCUT2D eigenvalue weighted by Gasteiger charge is -2.39. The van der Waals surface area contributed by atoms with E-state index in [1.54, 1.807) is 19.1 Å². The lowest BCUT2D eigenvalue weighted by molar-refractivity contribution is -0.209. The molecule has 6 heteroatoms. The van der Waals surface area contributed by atoms with Crippen molar-refractivity contribution < 1.29 is 25.2 Å². The van der Waals surface area contributed by atoms with Gasteiger partial charge in [0.2, 0.25) is 0 Å². The first kappa shape index (κ1) is 13.1. The number of aliphatic hydroxyl groups is 3. The Kier molecular flexibility index (Phi) is 3.72. The third-order valence-electron chi connectivity index (χ3n) is 3.01. The molecule has 0 bridgehead atoms. The minimum atomic E-state index is -1.27. The average Bonchev–Trinajstić information content (AvgIpc) is 2.33. The van der Waals surface area contributed by atoms with Gasteiger partial charge in [-0.3, -0.25) is 0 Å². The number of nitrogens with one attached hydrogen (secondary N) is 1. The second-order valence-electron chi connectivity index (χ2n) is 4.43. The van der Waals surface area contributed by atoms with Gasteiger partial charge in [-0.15, -0.1) is 0 Å². The number of phenols is 1. The van der Waals surface area contributed by atoms with Gasteiger partial charge in [0.15, 0.2) is 6.23 Å². The molecule has 0 aliphatic carbocycles. The van der Waals surface area contributed by atoms with Crippen LogP contribution in [-0.4, -0.2) is 51.1 Å². The van der Waals surface area contributed by atoms with Crippen LogP contribution in [0.5, 0.6) is 5.75 Å². The van der Waals surface area contributed by atoms with Crippen LogP contribution in [0, 0.1) is 0 Å². The van der Waals surface area contributed by atoms with E-state index in [-0.39, 0.29) is 5.75 Å². The summed E-state index contributed by atoms with van der Waals surface area (Å²) in [5.74, 6) is 0.0823. The van der Waals surface area contributed by atoms with E-state index in [2.05, 4.69) is 5.32 Å². The molecule has 0 aromatic heterocycles. The summed E-state index contributed by atoms with van der Waals surface area (Å²) in [6.07, 6.45) is -5.09. The Balaban J connectivity index is 2.09. The molecule has 5 N–H and O–H groups in total. The summed E-state index contributed by atoms with van der Waals surface area (Å²) in [5, 5.41) is 41.2. The molecular formula is C12H17NO5. The first-order valence-electron chi connectivity index (χ1n) is 5.74. The summed E-state index contributed by atoms with van der Waals surface area (Å²) in [7, 11) is 0. The van der Waals surface area contributed by atoms with Crippen molar-refractivity contribution in [2.75, 3.05) is 5.32 Å². The molecule has 18 heavy (non-hydrogen) atoms. The van der Waals surface area contributed by atoms with E-state index in [1.165, 1.54) is 12.1 Å². The fraction of sp³-hybridized carbons (Fsp3) is 0.500. The van der Waals surface area contributed by atoms with Gasteiger partial charge in [0, 0.05) is 11.8 Å². The van der Waals surface area contributed by atoms with Crippen LogP contribution in [0.3, 0.4) is 0 Å². The van der Waals surface area contributed by atoms with Crippen LogP contribution in [0.4, 0.5) is 5.69 Å². The van der Waals surface area contributed by atoms with Crippen molar-refractivity contribution in [1.82, 2.24) is 0 Å². The molecule has 0 amide bonds. The largest absolute Gasteiger partial charge is 0.508 e. The maximum absolute atomic E-state index is 9.80. The molecule has 1 heterocycles. The molecule has 6 nitrogen and oxygen atoms in total. The van der Waals surface area contributed by atoms with Gasteiger partial charge in [-0.2, -0.15) is 0 Å². The van der Waals surface area contributed by atoms with E-state index in [0.29, 0.717) is 5.69 Å². The molecule has 2 rings (SSSR count). The van der Waals surface area contributed by atoms with Crippen molar-refractivity contribution in [3.8, 4) is 5.75 Å². The van der Waals surface area contributed by atoms with Crippen molar-refractivity contribution in [2.24, 2.45) is 0 Å². The summed E-state index contributed by atoms with van der Waals surface area (Å²) < 4.78 is 5.37. The standard InChI is InChI=1S/C12H17NO5/c1-6-9(15)10(16)11(17)12(18-6)13-7-3-2-4-8(14)5-7/h2-6,9-17H,1H3/t6-,9-,10+,11+,12-/m0/s1. The van der Waals surface area contributed by atoms with Crippen molar-refractivity contribution in [1.29, 1.82) is 0 Å². The SMILES string of the molecule is C[C@@H]1O[C@H](Nc2cccc(O)c2)[C@H](O)[C@H](O)[C@H]1O. The third kappa shape index (κ3) is 2.56. The molecule has 1 fully saturated rings. The van der Waals surface area contributed by atoms with Crippen LogP contribution in [0.2, 0.25) is 0 Å². The predicted octanol–water partition coefficient (Wildman–Crippen LogP) is -0.368. The Hall–Kier alpha value is -1.34. The molecule has 1 aliphatic rings. The molecule has 1 aromatic carbocycles. The average molecular weight is 255 g/mol. The molecule has 0 unspecified atom stereocenters. The first-order chi connectivity index (χ1) is 8.49. The fourth-order valence-electron chi connectivity index (χ4n) is 1.93. The number of anilines is 1. The highest BCUT2D eigenvalue weighted by Crippen LogP contribution is 2.24. The van der Waals surface area contributed by atoms with Crippen LogP contribution < -0.4 is 5.32 Å². The maximum Gasteiger partial charge on any atom is 0.157 e. The number of phenolic OH excluding ortho intramolecular Hbond substituents is 1. The number of hydrogen-bond acceptors (Lipinski definition) is 6. The van der Waals surface area contributed by atoms with Crippen LogP contribution in [0.15, 0.2) is 24.3 Å². The molecule has 1 aromatic rings. The van der Waals surface area contributed by atoms with Crippen molar-refractivity contribution >= 4 is 5.69 Å². The molecule has 0 saturated carbocycles. The molecule has 1 aliphatic heterocycles. The Morgan fingerprint density at radius 3 is 2.50 bits per heavy atom. The van der Waals surface area contributed by atoms with Crippen molar-refractivity contribution in [3.63, 3.8) is 0 Å². The van der Waals surface area contributed by atoms with E-state index in [9.17, 15) is 20.4 Å². The number of aliphatic hydroxyl groups excluding tert-OH is 3. The van der Waals surface area contributed by atoms with E-state index >= 15 is 0 Å². The summed E-state index contributed by atoms with van der Waals surface area (Å²) in [6, 6.07) is 6.32. The van der Waals surface area contributed by atoms with Crippen molar-refractivity contribution in [2.45, 2.75) is 37.6 Å². The summed E-state index contributed by atoms with van der Waals surface area (Å²) >= 11 is 0. The summed E-state index contributed by atoms with van der Waals surface area (Å²) in [4.78, 5) is 0. The number of hydrogen-bond donors (Lipinski definition) is 5. The quantitative estimate of drug-likeness (QED) is 0.494. The second-order valence-corrected chi connectivity index (χ2v) is 4.43. The Bertz CT molecular complexity index is 413. The first-order valence-corrected chi connectivity index (χ1v) is 5.74. The Labute approximate surface area is 104 Å². The van der Waals surface area contributed by atoms with Crippen LogP contribution in [0.1, 0.15) is 6.92 Å². The zero-order valence-electron chi connectivity index (χ0n) is 9.89. The maximum atomic E-state index is 9.80. The molecule has 100 valence electrons. The molecule has 5 atom stereocenters. The fourth-order valence-corrected chi connectivity index (χ4v) is 1.93. The van der Waals surface area contributed by atoms with Gasteiger partial charge in [0.25, 0.3) is 0 Å². The normalized spacial score (nSPS) is 36.3. The van der Waals surface area contributed by atoms with Gasteiger partial charge in [-0.25, -0.2) is 0 Å².